The topological polar surface area (TPSA) is 34.1 Å². The van der Waals surface area contributed by atoms with Crippen molar-refractivity contribution in [3.63, 3.8) is 0 Å². The molecule has 0 radical (unpaired) electrons. The zero-order valence-electron chi connectivity index (χ0n) is 6.92. The van der Waals surface area contributed by atoms with Gasteiger partial charge in [-0.1, -0.05) is 6.07 Å². The van der Waals surface area contributed by atoms with Gasteiger partial charge in [0, 0.05) is 6.26 Å². The molecule has 0 aliphatic carbocycles. The normalized spacial score (nSPS) is 11.6. The van der Waals surface area contributed by atoms with Crippen LogP contribution >= 0.6 is 15.9 Å². The fourth-order valence-corrected chi connectivity index (χ4v) is 2.14. The van der Waals surface area contributed by atoms with Crippen molar-refractivity contribution in [2.75, 3.05) is 6.26 Å². The average molecular weight is 267 g/mol. The van der Waals surface area contributed by atoms with Crippen molar-refractivity contribution in [2.45, 2.75) is 5.75 Å². The van der Waals surface area contributed by atoms with Crippen LogP contribution in [0, 0.1) is 5.82 Å². The Morgan fingerprint density at radius 1 is 1.46 bits per heavy atom. The monoisotopic (exact) mass is 266 g/mol. The maximum atomic E-state index is 12.7. The fraction of sp³-hybridized carbons (Fsp3) is 0.250. The number of hydrogen-bond donors (Lipinski definition) is 0. The Kier molecular flexibility index (Phi) is 3.08. The molecule has 13 heavy (non-hydrogen) atoms. The third-order valence-corrected chi connectivity index (χ3v) is 2.88. The first-order valence-electron chi connectivity index (χ1n) is 3.50. The summed E-state index contributed by atoms with van der Waals surface area (Å²) < 4.78 is 34.8. The summed E-state index contributed by atoms with van der Waals surface area (Å²) in [6, 6.07) is 4.17. The van der Waals surface area contributed by atoms with Crippen LogP contribution in [-0.2, 0) is 15.6 Å². The van der Waals surface area contributed by atoms with Crippen molar-refractivity contribution in [3.8, 4) is 0 Å². The first kappa shape index (κ1) is 10.7. The molecule has 1 aromatic carbocycles. The van der Waals surface area contributed by atoms with E-state index in [1.54, 1.807) is 0 Å². The van der Waals surface area contributed by atoms with Gasteiger partial charge in [0.1, 0.15) is 5.82 Å². The van der Waals surface area contributed by atoms with Crippen LogP contribution in [0.4, 0.5) is 4.39 Å². The van der Waals surface area contributed by atoms with Crippen LogP contribution in [0.1, 0.15) is 5.56 Å². The van der Waals surface area contributed by atoms with Crippen molar-refractivity contribution in [2.24, 2.45) is 0 Å². The van der Waals surface area contributed by atoms with Crippen LogP contribution in [-0.4, -0.2) is 14.7 Å². The minimum Gasteiger partial charge on any atom is -0.229 e. The Morgan fingerprint density at radius 2 is 2.08 bits per heavy atom. The summed E-state index contributed by atoms with van der Waals surface area (Å²) in [7, 11) is -3.05. The van der Waals surface area contributed by atoms with Gasteiger partial charge in [0.25, 0.3) is 0 Å². The molecular weight excluding hydrogens is 259 g/mol. The summed E-state index contributed by atoms with van der Waals surface area (Å²) in [5.41, 5.74) is 0.579. The Bertz CT molecular complexity index is 414. The number of benzene rings is 1. The Labute approximate surface area is 84.8 Å². The van der Waals surface area contributed by atoms with E-state index < -0.39 is 15.7 Å². The van der Waals surface area contributed by atoms with E-state index in [0.717, 1.165) is 6.26 Å². The number of sulfone groups is 1. The third kappa shape index (κ3) is 3.44. The van der Waals surface area contributed by atoms with Gasteiger partial charge in [-0.05, 0) is 33.6 Å². The highest BCUT2D eigenvalue weighted by Gasteiger charge is 2.06. The predicted octanol–water partition coefficient (Wildman–Crippen LogP) is 2.13. The summed E-state index contributed by atoms with van der Waals surface area (Å²) in [5, 5.41) is 0. The molecule has 0 atom stereocenters. The first-order chi connectivity index (χ1) is 5.88. The molecule has 0 saturated heterocycles. The maximum Gasteiger partial charge on any atom is 0.151 e. The van der Waals surface area contributed by atoms with Gasteiger partial charge in [0.2, 0.25) is 0 Å². The van der Waals surface area contributed by atoms with E-state index in [4.69, 9.17) is 0 Å². The predicted molar refractivity (Wildman–Crippen MR) is 52.6 cm³/mol. The lowest BCUT2D eigenvalue weighted by Crippen LogP contribution is -2.00. The summed E-state index contributed by atoms with van der Waals surface area (Å²) in [5.74, 6) is -0.455. The summed E-state index contributed by atoms with van der Waals surface area (Å²) >= 11 is 2.98. The van der Waals surface area contributed by atoms with Crippen LogP contribution in [0.5, 0.6) is 0 Å². The molecule has 2 nitrogen and oxygen atoms in total. The molecule has 0 aromatic heterocycles. The average Bonchev–Trinajstić information content (AvgIpc) is 1.94. The SMILES string of the molecule is CS(=O)(=O)Cc1ccc(F)c(Br)c1. The number of hydrogen-bond acceptors (Lipinski definition) is 2. The molecule has 0 bridgehead atoms. The molecular formula is C8H8BrFO2S. The Balaban J connectivity index is 2.99. The van der Waals surface area contributed by atoms with E-state index in [0.29, 0.717) is 5.56 Å². The lowest BCUT2D eigenvalue weighted by molar-refractivity contribution is 0.600. The van der Waals surface area contributed by atoms with Crippen molar-refractivity contribution in [3.05, 3.63) is 34.1 Å². The minimum atomic E-state index is -3.05. The largest absolute Gasteiger partial charge is 0.229 e. The fourth-order valence-electron chi connectivity index (χ4n) is 0.932. The van der Waals surface area contributed by atoms with Gasteiger partial charge in [0.05, 0.1) is 10.2 Å². The van der Waals surface area contributed by atoms with E-state index >= 15 is 0 Å². The quantitative estimate of drug-likeness (QED) is 0.822. The second-order valence-electron chi connectivity index (χ2n) is 2.82. The van der Waals surface area contributed by atoms with Gasteiger partial charge in [-0.25, -0.2) is 12.8 Å². The van der Waals surface area contributed by atoms with Crippen molar-refractivity contribution >= 4 is 25.8 Å². The van der Waals surface area contributed by atoms with Gasteiger partial charge in [-0.3, -0.25) is 0 Å². The first-order valence-corrected chi connectivity index (χ1v) is 6.35. The molecule has 72 valence electrons. The molecule has 1 rings (SSSR count). The van der Waals surface area contributed by atoms with Crippen LogP contribution in [0.15, 0.2) is 22.7 Å². The summed E-state index contributed by atoms with van der Waals surface area (Å²) in [6.07, 6.45) is 1.14. The van der Waals surface area contributed by atoms with Crippen molar-refractivity contribution < 1.29 is 12.8 Å². The zero-order chi connectivity index (χ0) is 10.1. The molecule has 0 N–H and O–H groups in total. The maximum absolute atomic E-state index is 12.7. The smallest absolute Gasteiger partial charge is 0.151 e. The van der Waals surface area contributed by atoms with Crippen LogP contribution in [0.25, 0.3) is 0 Å². The molecule has 0 aliphatic heterocycles. The van der Waals surface area contributed by atoms with E-state index in [9.17, 15) is 12.8 Å². The zero-order valence-corrected chi connectivity index (χ0v) is 9.32. The number of rotatable bonds is 2. The molecule has 5 heteroatoms. The highest BCUT2D eigenvalue weighted by Crippen LogP contribution is 2.17. The molecule has 0 amide bonds. The summed E-state index contributed by atoms with van der Waals surface area (Å²) in [4.78, 5) is 0. The van der Waals surface area contributed by atoms with Crippen LogP contribution < -0.4 is 0 Å². The second kappa shape index (κ2) is 3.75. The van der Waals surface area contributed by atoms with Gasteiger partial charge in [-0.15, -0.1) is 0 Å². The highest BCUT2D eigenvalue weighted by molar-refractivity contribution is 9.10. The molecule has 0 unspecified atom stereocenters. The van der Waals surface area contributed by atoms with Gasteiger partial charge in [-0.2, -0.15) is 0 Å². The lowest BCUT2D eigenvalue weighted by atomic mass is 10.2. The Hall–Kier alpha value is -0.420. The van der Waals surface area contributed by atoms with Crippen LogP contribution in [0.2, 0.25) is 0 Å². The standard InChI is InChI=1S/C8H8BrFO2S/c1-13(11,12)5-6-2-3-8(10)7(9)4-6/h2-4H,5H2,1H3. The van der Waals surface area contributed by atoms with Gasteiger partial charge >= 0.3 is 0 Å². The molecule has 0 heterocycles. The minimum absolute atomic E-state index is 0.0636. The van der Waals surface area contributed by atoms with Crippen molar-refractivity contribution in [1.82, 2.24) is 0 Å². The van der Waals surface area contributed by atoms with E-state index in [1.807, 2.05) is 0 Å². The Morgan fingerprint density at radius 3 is 2.54 bits per heavy atom. The summed E-state index contributed by atoms with van der Waals surface area (Å²) in [6.45, 7) is 0. The van der Waals surface area contributed by atoms with E-state index in [1.165, 1.54) is 18.2 Å². The van der Waals surface area contributed by atoms with Crippen molar-refractivity contribution in [1.29, 1.82) is 0 Å². The molecule has 0 aliphatic rings. The second-order valence-corrected chi connectivity index (χ2v) is 5.81. The van der Waals surface area contributed by atoms with E-state index in [2.05, 4.69) is 15.9 Å². The third-order valence-electron chi connectivity index (χ3n) is 1.41. The van der Waals surface area contributed by atoms with Gasteiger partial charge < -0.3 is 0 Å². The molecule has 0 fully saturated rings. The number of halogens is 2. The molecule has 0 saturated carbocycles. The molecule has 0 spiro atoms. The lowest BCUT2D eigenvalue weighted by Gasteiger charge is -2.00. The van der Waals surface area contributed by atoms with Crippen LogP contribution in [0.3, 0.4) is 0 Å². The molecule has 1 aromatic rings. The van der Waals surface area contributed by atoms with E-state index in [-0.39, 0.29) is 10.2 Å². The highest BCUT2D eigenvalue weighted by atomic mass is 79.9. The van der Waals surface area contributed by atoms with Gasteiger partial charge in [0.15, 0.2) is 9.84 Å².